The Balaban J connectivity index is 2.38. The summed E-state index contributed by atoms with van der Waals surface area (Å²) in [4.78, 5) is 2.60. The van der Waals surface area contributed by atoms with E-state index in [-0.39, 0.29) is 0 Å². The van der Waals surface area contributed by atoms with Crippen molar-refractivity contribution in [2.45, 2.75) is 46.1 Å². The minimum atomic E-state index is 0.478. The van der Waals surface area contributed by atoms with E-state index in [0.717, 1.165) is 19.7 Å². The second-order valence-corrected chi connectivity index (χ2v) is 6.03. The molecule has 1 aliphatic heterocycles. The number of ether oxygens (including phenoxy) is 1. The van der Waals surface area contributed by atoms with Gasteiger partial charge >= 0.3 is 0 Å². The van der Waals surface area contributed by atoms with Crippen LogP contribution in [0.3, 0.4) is 0 Å². The van der Waals surface area contributed by atoms with Crippen molar-refractivity contribution in [2.24, 2.45) is 5.41 Å². The Labute approximate surface area is 107 Å². The van der Waals surface area contributed by atoms with Crippen LogP contribution in [0.4, 0.5) is 0 Å². The third-order valence-electron chi connectivity index (χ3n) is 3.77. The van der Waals surface area contributed by atoms with Gasteiger partial charge in [-0.25, -0.2) is 0 Å². The first-order valence-electron chi connectivity index (χ1n) is 7.02. The van der Waals surface area contributed by atoms with Crippen LogP contribution >= 0.6 is 0 Å². The molecule has 0 aromatic rings. The first kappa shape index (κ1) is 14.9. The number of rotatable bonds is 6. The molecule has 17 heavy (non-hydrogen) atoms. The second kappa shape index (κ2) is 7.34. The molecule has 1 unspecified atom stereocenters. The van der Waals surface area contributed by atoms with Crippen molar-refractivity contribution < 1.29 is 4.74 Å². The predicted octanol–water partition coefficient (Wildman–Crippen LogP) is 2.12. The zero-order valence-corrected chi connectivity index (χ0v) is 12.1. The van der Waals surface area contributed by atoms with Crippen LogP contribution in [0.5, 0.6) is 0 Å². The Morgan fingerprint density at radius 1 is 1.29 bits per heavy atom. The lowest BCUT2D eigenvalue weighted by atomic mass is 9.85. The molecule has 0 amide bonds. The van der Waals surface area contributed by atoms with E-state index in [4.69, 9.17) is 4.74 Å². The fourth-order valence-corrected chi connectivity index (χ4v) is 2.64. The number of nitrogens with zero attached hydrogens (tertiary/aromatic N) is 1. The molecule has 102 valence electrons. The Morgan fingerprint density at radius 3 is 2.71 bits per heavy atom. The van der Waals surface area contributed by atoms with E-state index < -0.39 is 0 Å². The van der Waals surface area contributed by atoms with E-state index in [1.807, 2.05) is 0 Å². The summed E-state index contributed by atoms with van der Waals surface area (Å²) in [5.74, 6) is 0. The average Bonchev–Trinajstić information content (AvgIpc) is 2.41. The number of likely N-dealkylation sites (N-methyl/N-ethyl adjacent to an activating group) is 1. The third-order valence-corrected chi connectivity index (χ3v) is 3.77. The third kappa shape index (κ3) is 5.84. The highest BCUT2D eigenvalue weighted by Gasteiger charge is 2.24. The minimum absolute atomic E-state index is 0.478. The van der Waals surface area contributed by atoms with Gasteiger partial charge in [0.1, 0.15) is 0 Å². The highest BCUT2D eigenvalue weighted by atomic mass is 16.5. The van der Waals surface area contributed by atoms with Crippen LogP contribution in [0.1, 0.15) is 40.0 Å². The van der Waals surface area contributed by atoms with E-state index in [9.17, 15) is 0 Å². The Kier molecular flexibility index (Phi) is 6.45. The van der Waals surface area contributed by atoms with Gasteiger partial charge in [0, 0.05) is 19.7 Å². The van der Waals surface area contributed by atoms with E-state index in [2.05, 4.69) is 31.0 Å². The molecular formula is C14H30N2O. The molecule has 1 N–H and O–H groups in total. The van der Waals surface area contributed by atoms with Crippen LogP contribution < -0.4 is 5.32 Å². The maximum absolute atomic E-state index is 5.28. The lowest BCUT2D eigenvalue weighted by Crippen LogP contribution is -2.44. The molecule has 3 nitrogen and oxygen atoms in total. The van der Waals surface area contributed by atoms with Gasteiger partial charge in [-0.2, -0.15) is 0 Å². The van der Waals surface area contributed by atoms with Gasteiger partial charge in [-0.05, 0) is 44.3 Å². The lowest BCUT2D eigenvalue weighted by Gasteiger charge is -2.27. The Morgan fingerprint density at radius 2 is 2.06 bits per heavy atom. The van der Waals surface area contributed by atoms with Gasteiger partial charge in [0.2, 0.25) is 0 Å². The summed E-state index contributed by atoms with van der Waals surface area (Å²) in [5, 5.41) is 3.51. The normalized spacial score (nSPS) is 23.3. The van der Waals surface area contributed by atoms with Crippen molar-refractivity contribution in [1.82, 2.24) is 10.2 Å². The Bertz CT molecular complexity index is 200. The molecule has 0 radical (unpaired) electrons. The van der Waals surface area contributed by atoms with Crippen molar-refractivity contribution in [1.29, 1.82) is 0 Å². The number of nitrogens with one attached hydrogen (secondary N) is 1. The fraction of sp³-hybridized carbons (Fsp3) is 1.00. The number of hydrogen-bond donors (Lipinski definition) is 1. The van der Waals surface area contributed by atoms with E-state index in [1.54, 1.807) is 7.11 Å². The average molecular weight is 242 g/mol. The fourth-order valence-electron chi connectivity index (χ4n) is 2.64. The van der Waals surface area contributed by atoms with Crippen LogP contribution in [0.15, 0.2) is 0 Å². The molecule has 1 heterocycles. The largest absolute Gasteiger partial charge is 0.383 e. The standard InChI is InChI=1S/C14H30N2O/c1-5-15-13(12-17-4)11-16-9-6-7-14(2,3)8-10-16/h13,15H,5-12H2,1-4H3. The topological polar surface area (TPSA) is 24.5 Å². The summed E-state index contributed by atoms with van der Waals surface area (Å²) >= 11 is 0. The first-order chi connectivity index (χ1) is 8.07. The van der Waals surface area contributed by atoms with Gasteiger partial charge in [0.15, 0.2) is 0 Å². The maximum atomic E-state index is 5.28. The lowest BCUT2D eigenvalue weighted by molar-refractivity contribution is 0.138. The van der Waals surface area contributed by atoms with Crippen molar-refractivity contribution in [2.75, 3.05) is 39.9 Å². The summed E-state index contributed by atoms with van der Waals surface area (Å²) in [6, 6.07) is 0.478. The Hall–Kier alpha value is -0.120. The molecule has 1 rings (SSSR count). The second-order valence-electron chi connectivity index (χ2n) is 6.03. The van der Waals surface area contributed by atoms with Gasteiger partial charge < -0.3 is 15.0 Å². The molecule has 0 aromatic heterocycles. The van der Waals surface area contributed by atoms with Crippen molar-refractivity contribution in [3.8, 4) is 0 Å². The van der Waals surface area contributed by atoms with Crippen molar-refractivity contribution >= 4 is 0 Å². The first-order valence-corrected chi connectivity index (χ1v) is 7.02. The molecule has 0 aliphatic carbocycles. The van der Waals surface area contributed by atoms with Crippen molar-refractivity contribution in [3.63, 3.8) is 0 Å². The number of hydrogen-bond acceptors (Lipinski definition) is 3. The molecular weight excluding hydrogens is 212 g/mol. The molecule has 3 heteroatoms. The molecule has 1 fully saturated rings. The monoisotopic (exact) mass is 242 g/mol. The summed E-state index contributed by atoms with van der Waals surface area (Å²) in [6.07, 6.45) is 4.01. The zero-order chi connectivity index (χ0) is 12.7. The summed E-state index contributed by atoms with van der Waals surface area (Å²) in [6.45, 7) is 12.4. The zero-order valence-electron chi connectivity index (χ0n) is 12.1. The number of likely N-dealkylation sites (tertiary alicyclic amines) is 1. The van der Waals surface area contributed by atoms with Gasteiger partial charge in [-0.15, -0.1) is 0 Å². The van der Waals surface area contributed by atoms with Gasteiger partial charge in [-0.3, -0.25) is 0 Å². The van der Waals surface area contributed by atoms with Crippen LogP contribution in [0, 0.1) is 5.41 Å². The molecule has 0 aromatic carbocycles. The quantitative estimate of drug-likeness (QED) is 0.772. The van der Waals surface area contributed by atoms with E-state index in [0.29, 0.717) is 11.5 Å². The highest BCUT2D eigenvalue weighted by Crippen LogP contribution is 2.29. The van der Waals surface area contributed by atoms with Gasteiger partial charge in [0.25, 0.3) is 0 Å². The van der Waals surface area contributed by atoms with Crippen LogP contribution in [0.25, 0.3) is 0 Å². The number of methoxy groups -OCH3 is 1. The summed E-state index contributed by atoms with van der Waals surface area (Å²) < 4.78 is 5.28. The van der Waals surface area contributed by atoms with E-state index >= 15 is 0 Å². The smallest absolute Gasteiger partial charge is 0.0628 e. The van der Waals surface area contributed by atoms with Crippen molar-refractivity contribution in [3.05, 3.63) is 0 Å². The van der Waals surface area contributed by atoms with Crippen LogP contribution in [-0.4, -0.2) is 50.8 Å². The molecule has 0 saturated carbocycles. The van der Waals surface area contributed by atoms with E-state index in [1.165, 1.54) is 32.4 Å². The molecule has 1 aliphatic rings. The molecule has 0 bridgehead atoms. The van der Waals surface area contributed by atoms with Gasteiger partial charge in [-0.1, -0.05) is 20.8 Å². The SMILES string of the molecule is CCNC(COC)CN1CCCC(C)(C)CC1. The summed E-state index contributed by atoms with van der Waals surface area (Å²) in [7, 11) is 1.79. The summed E-state index contributed by atoms with van der Waals surface area (Å²) in [5.41, 5.74) is 0.531. The highest BCUT2D eigenvalue weighted by molar-refractivity contribution is 4.79. The minimum Gasteiger partial charge on any atom is -0.383 e. The van der Waals surface area contributed by atoms with Crippen LogP contribution in [0.2, 0.25) is 0 Å². The maximum Gasteiger partial charge on any atom is 0.0628 e. The molecule has 1 saturated heterocycles. The molecule has 1 atom stereocenters. The molecule has 0 spiro atoms. The van der Waals surface area contributed by atoms with Crippen LogP contribution in [-0.2, 0) is 4.74 Å². The predicted molar refractivity (Wildman–Crippen MR) is 73.4 cm³/mol. The van der Waals surface area contributed by atoms with Gasteiger partial charge in [0.05, 0.1) is 6.61 Å².